The quantitative estimate of drug-likeness (QED) is 0.776. The Morgan fingerprint density at radius 1 is 1.42 bits per heavy atom. The number of fused-ring (bicyclic) bond motifs is 1. The highest BCUT2D eigenvalue weighted by molar-refractivity contribution is 7.16. The first-order valence-electron chi connectivity index (χ1n) is 6.06. The highest BCUT2D eigenvalue weighted by Crippen LogP contribution is 2.26. The molecule has 0 aliphatic heterocycles. The van der Waals surface area contributed by atoms with E-state index in [1.54, 1.807) is 18.4 Å². The molecule has 0 aromatic carbocycles. The van der Waals surface area contributed by atoms with Crippen LogP contribution in [0.4, 0.5) is 11.8 Å². The van der Waals surface area contributed by atoms with Gasteiger partial charge < -0.3 is 16.0 Å². The largest absolute Gasteiger partial charge is 0.360 e. The SMILES string of the molecule is CNc1nc(NCC(=O)NC(C)C)c2ccsc2n1. The second kappa shape index (κ2) is 5.83. The van der Waals surface area contributed by atoms with Crippen molar-refractivity contribution in [3.05, 3.63) is 11.4 Å². The zero-order valence-electron chi connectivity index (χ0n) is 11.2. The fraction of sp³-hybridized carbons (Fsp3) is 0.417. The van der Waals surface area contributed by atoms with Crippen LogP contribution in [0.3, 0.4) is 0 Å². The van der Waals surface area contributed by atoms with Crippen molar-refractivity contribution in [3.8, 4) is 0 Å². The van der Waals surface area contributed by atoms with E-state index < -0.39 is 0 Å². The van der Waals surface area contributed by atoms with E-state index in [0.29, 0.717) is 11.8 Å². The third-order valence-electron chi connectivity index (χ3n) is 2.41. The molecule has 2 aromatic heterocycles. The lowest BCUT2D eigenvalue weighted by Crippen LogP contribution is -2.35. The second-order valence-corrected chi connectivity index (χ2v) is 5.26. The summed E-state index contributed by atoms with van der Waals surface area (Å²) >= 11 is 1.54. The molecule has 0 spiro atoms. The molecule has 0 aliphatic rings. The van der Waals surface area contributed by atoms with Crippen LogP contribution in [0.2, 0.25) is 0 Å². The Morgan fingerprint density at radius 3 is 2.89 bits per heavy atom. The van der Waals surface area contributed by atoms with Crippen molar-refractivity contribution in [2.24, 2.45) is 0 Å². The van der Waals surface area contributed by atoms with E-state index >= 15 is 0 Å². The van der Waals surface area contributed by atoms with Crippen LogP contribution in [0.5, 0.6) is 0 Å². The van der Waals surface area contributed by atoms with Gasteiger partial charge in [-0.05, 0) is 25.3 Å². The van der Waals surface area contributed by atoms with Crippen molar-refractivity contribution >= 4 is 39.2 Å². The van der Waals surface area contributed by atoms with E-state index in [0.717, 1.165) is 10.2 Å². The number of carbonyl (C=O) groups is 1. The monoisotopic (exact) mass is 279 g/mol. The highest BCUT2D eigenvalue weighted by Gasteiger charge is 2.09. The average Bonchev–Trinajstić information content (AvgIpc) is 2.82. The number of hydrogen-bond donors (Lipinski definition) is 3. The van der Waals surface area contributed by atoms with Gasteiger partial charge in [-0.2, -0.15) is 4.98 Å². The predicted octanol–water partition coefficient (Wildman–Crippen LogP) is 1.67. The van der Waals surface area contributed by atoms with Gasteiger partial charge in [-0.25, -0.2) is 4.98 Å². The van der Waals surface area contributed by atoms with Gasteiger partial charge in [-0.1, -0.05) is 0 Å². The second-order valence-electron chi connectivity index (χ2n) is 4.36. The zero-order valence-corrected chi connectivity index (χ0v) is 12.0. The Hall–Kier alpha value is -1.89. The number of anilines is 2. The summed E-state index contributed by atoms with van der Waals surface area (Å²) in [4.78, 5) is 21.2. The molecule has 2 rings (SSSR count). The van der Waals surface area contributed by atoms with Gasteiger partial charge >= 0.3 is 0 Å². The smallest absolute Gasteiger partial charge is 0.239 e. The van der Waals surface area contributed by atoms with Gasteiger partial charge in [0.2, 0.25) is 11.9 Å². The Morgan fingerprint density at radius 2 is 2.21 bits per heavy atom. The Kier molecular flexibility index (Phi) is 4.16. The molecule has 2 heterocycles. The van der Waals surface area contributed by atoms with Gasteiger partial charge in [0, 0.05) is 13.1 Å². The summed E-state index contributed by atoms with van der Waals surface area (Å²) in [5, 5.41) is 11.7. The molecule has 19 heavy (non-hydrogen) atoms. The summed E-state index contributed by atoms with van der Waals surface area (Å²) in [6.45, 7) is 4.06. The lowest BCUT2D eigenvalue weighted by Gasteiger charge is -2.10. The zero-order chi connectivity index (χ0) is 13.8. The van der Waals surface area contributed by atoms with Gasteiger partial charge in [0.05, 0.1) is 11.9 Å². The molecule has 0 unspecified atom stereocenters. The minimum atomic E-state index is -0.0528. The minimum absolute atomic E-state index is 0.0528. The number of rotatable bonds is 5. The number of carbonyl (C=O) groups excluding carboxylic acids is 1. The highest BCUT2D eigenvalue weighted by atomic mass is 32.1. The molecule has 0 fully saturated rings. The third kappa shape index (κ3) is 3.31. The van der Waals surface area contributed by atoms with Gasteiger partial charge in [-0.15, -0.1) is 11.3 Å². The van der Waals surface area contributed by atoms with Gasteiger partial charge in [0.15, 0.2) is 0 Å². The summed E-state index contributed by atoms with van der Waals surface area (Å²) < 4.78 is 0. The van der Waals surface area contributed by atoms with E-state index in [9.17, 15) is 4.79 Å². The minimum Gasteiger partial charge on any atom is -0.360 e. The third-order valence-corrected chi connectivity index (χ3v) is 3.22. The van der Waals surface area contributed by atoms with Crippen LogP contribution in [0.25, 0.3) is 10.2 Å². The van der Waals surface area contributed by atoms with Crippen LogP contribution in [-0.4, -0.2) is 35.5 Å². The van der Waals surface area contributed by atoms with Gasteiger partial charge in [0.1, 0.15) is 10.6 Å². The van der Waals surface area contributed by atoms with Crippen molar-refractivity contribution in [2.75, 3.05) is 24.2 Å². The fourth-order valence-electron chi connectivity index (χ4n) is 1.64. The lowest BCUT2D eigenvalue weighted by atomic mass is 10.3. The number of nitrogens with one attached hydrogen (secondary N) is 3. The molecule has 7 heteroatoms. The molecule has 0 aliphatic carbocycles. The van der Waals surface area contributed by atoms with Crippen LogP contribution >= 0.6 is 11.3 Å². The van der Waals surface area contributed by atoms with Crippen molar-refractivity contribution in [1.29, 1.82) is 0 Å². The molecular weight excluding hydrogens is 262 g/mol. The summed E-state index contributed by atoms with van der Waals surface area (Å²) in [7, 11) is 1.77. The molecular formula is C12H17N5OS. The average molecular weight is 279 g/mol. The van der Waals surface area contributed by atoms with E-state index in [1.165, 1.54) is 0 Å². The molecule has 0 bridgehead atoms. The fourth-order valence-corrected chi connectivity index (χ4v) is 2.40. The first-order valence-corrected chi connectivity index (χ1v) is 6.94. The maximum absolute atomic E-state index is 11.6. The van der Waals surface area contributed by atoms with Crippen molar-refractivity contribution in [1.82, 2.24) is 15.3 Å². The number of aromatic nitrogens is 2. The topological polar surface area (TPSA) is 78.9 Å². The molecule has 1 amide bonds. The van der Waals surface area contributed by atoms with Gasteiger partial charge in [0.25, 0.3) is 0 Å². The number of hydrogen-bond acceptors (Lipinski definition) is 6. The first kappa shape index (κ1) is 13.5. The predicted molar refractivity (Wildman–Crippen MR) is 78.7 cm³/mol. The first-order chi connectivity index (χ1) is 9.10. The van der Waals surface area contributed by atoms with Crippen LogP contribution < -0.4 is 16.0 Å². The standard InChI is InChI=1S/C12H17N5OS/c1-7(2)15-9(18)6-14-10-8-4-5-19-11(8)17-12(13-3)16-10/h4-5,7H,6H2,1-3H3,(H,15,18)(H2,13,14,16,17). The van der Waals surface area contributed by atoms with Crippen LogP contribution in [-0.2, 0) is 4.79 Å². The van der Waals surface area contributed by atoms with Crippen molar-refractivity contribution < 1.29 is 4.79 Å². The Labute approximate surface area is 115 Å². The summed E-state index contributed by atoms with van der Waals surface area (Å²) in [5.41, 5.74) is 0. The van der Waals surface area contributed by atoms with Crippen LogP contribution in [0.1, 0.15) is 13.8 Å². The maximum atomic E-state index is 11.6. The molecule has 3 N–H and O–H groups in total. The molecule has 0 atom stereocenters. The molecule has 0 saturated carbocycles. The molecule has 0 saturated heterocycles. The van der Waals surface area contributed by atoms with Gasteiger partial charge in [-0.3, -0.25) is 4.79 Å². The van der Waals surface area contributed by atoms with Crippen LogP contribution in [0, 0.1) is 0 Å². The van der Waals surface area contributed by atoms with E-state index in [4.69, 9.17) is 0 Å². The Balaban J connectivity index is 2.15. The molecule has 2 aromatic rings. The van der Waals surface area contributed by atoms with Crippen molar-refractivity contribution in [2.45, 2.75) is 19.9 Å². The normalized spacial score (nSPS) is 10.7. The molecule has 6 nitrogen and oxygen atoms in total. The maximum Gasteiger partial charge on any atom is 0.239 e. The number of nitrogens with zero attached hydrogens (tertiary/aromatic N) is 2. The Bertz CT molecular complexity index is 581. The van der Waals surface area contributed by atoms with E-state index in [1.807, 2.05) is 25.3 Å². The lowest BCUT2D eigenvalue weighted by molar-refractivity contribution is -0.119. The van der Waals surface area contributed by atoms with E-state index in [-0.39, 0.29) is 18.5 Å². The summed E-state index contributed by atoms with van der Waals surface area (Å²) in [5.74, 6) is 1.17. The summed E-state index contributed by atoms with van der Waals surface area (Å²) in [6, 6.07) is 2.08. The van der Waals surface area contributed by atoms with E-state index in [2.05, 4.69) is 25.9 Å². The van der Waals surface area contributed by atoms with Crippen LogP contribution in [0.15, 0.2) is 11.4 Å². The van der Waals surface area contributed by atoms with Crippen molar-refractivity contribution in [3.63, 3.8) is 0 Å². The summed E-state index contributed by atoms with van der Waals surface area (Å²) in [6.07, 6.45) is 0. The number of amides is 1. The molecule has 102 valence electrons. The number of thiophene rings is 1. The molecule has 0 radical (unpaired) electrons.